The van der Waals surface area contributed by atoms with Crippen LogP contribution in [-0.4, -0.2) is 60.4 Å². The molecule has 0 radical (unpaired) electrons. The molecule has 0 bridgehead atoms. The number of carbonyl (C=O) groups excluding carboxylic acids is 1. The van der Waals surface area contributed by atoms with E-state index in [1.807, 2.05) is 0 Å². The summed E-state index contributed by atoms with van der Waals surface area (Å²) in [7, 11) is -2.36. The fraction of sp³-hybridized carbons (Fsp3) is 0.500. The van der Waals surface area contributed by atoms with Gasteiger partial charge in [0, 0.05) is 41.6 Å². The topological polar surface area (TPSA) is 122 Å². The van der Waals surface area contributed by atoms with Crippen molar-refractivity contribution in [1.82, 2.24) is 19.7 Å². The Hall–Kier alpha value is -3.42. The maximum absolute atomic E-state index is 13.3. The molecule has 2 aliphatic heterocycles. The first-order chi connectivity index (χ1) is 21.0. The summed E-state index contributed by atoms with van der Waals surface area (Å²) in [5, 5.41) is 5.45. The number of piperidine rings is 1. The van der Waals surface area contributed by atoms with Crippen molar-refractivity contribution in [2.45, 2.75) is 57.2 Å². The summed E-state index contributed by atoms with van der Waals surface area (Å²) in [4.78, 5) is 18.7. The van der Waals surface area contributed by atoms with Crippen LogP contribution in [0.5, 0.6) is 11.5 Å². The third-order valence-corrected chi connectivity index (χ3v) is 8.70. The van der Waals surface area contributed by atoms with Gasteiger partial charge in [0.15, 0.2) is 5.69 Å². The van der Waals surface area contributed by atoms with E-state index in [-0.39, 0.29) is 48.7 Å². The second-order valence-corrected chi connectivity index (χ2v) is 12.8. The molecule has 0 saturated carbocycles. The number of halogens is 6. The molecule has 2 aliphatic rings. The van der Waals surface area contributed by atoms with Gasteiger partial charge in [-0.05, 0) is 25.0 Å². The second-order valence-electron chi connectivity index (χ2n) is 10.3. The van der Waals surface area contributed by atoms with Crippen molar-refractivity contribution in [3.05, 3.63) is 56.8 Å². The Morgan fingerprint density at radius 1 is 1.04 bits per heavy atom. The fourth-order valence-corrected chi connectivity index (χ4v) is 6.51. The molecule has 5 rings (SSSR count). The molecular formula is C26H26F6N4O7S2. The minimum Gasteiger partial charge on any atom is -0.496 e. The summed E-state index contributed by atoms with van der Waals surface area (Å²) in [6, 6.07) is 2.91. The van der Waals surface area contributed by atoms with Crippen molar-refractivity contribution in [2.24, 2.45) is 0 Å². The Bertz CT molecular complexity index is 1660. The lowest BCUT2D eigenvalue weighted by atomic mass is 9.97. The SMILES string of the molecule is COc1ccc(OS(C)(=O)=O)c2c1COC(c1csc(C3CCN(C(=O)Cn4nc(C(F)(F)F)cc4C(F)(F)F)CC3)n1)OC2. The van der Waals surface area contributed by atoms with Crippen molar-refractivity contribution in [3.63, 3.8) is 0 Å². The van der Waals surface area contributed by atoms with Gasteiger partial charge >= 0.3 is 22.5 Å². The Morgan fingerprint density at radius 2 is 1.67 bits per heavy atom. The van der Waals surface area contributed by atoms with Crippen LogP contribution < -0.4 is 8.92 Å². The highest BCUT2D eigenvalue weighted by Gasteiger charge is 2.42. The minimum absolute atomic E-state index is 0.00820. The number of hydrogen-bond acceptors (Lipinski definition) is 10. The number of hydrogen-bond donors (Lipinski definition) is 0. The lowest BCUT2D eigenvalue weighted by molar-refractivity contribution is -0.155. The Morgan fingerprint density at radius 3 is 2.24 bits per heavy atom. The molecule has 1 aromatic carbocycles. The van der Waals surface area contributed by atoms with Crippen molar-refractivity contribution >= 4 is 27.4 Å². The molecule has 0 spiro atoms. The maximum atomic E-state index is 13.3. The molecular weight excluding hydrogens is 658 g/mol. The molecule has 1 unspecified atom stereocenters. The van der Waals surface area contributed by atoms with Crippen LogP contribution in [0.2, 0.25) is 0 Å². The van der Waals surface area contributed by atoms with E-state index in [0.717, 1.165) is 6.26 Å². The zero-order valence-corrected chi connectivity index (χ0v) is 25.3. The quantitative estimate of drug-likeness (QED) is 0.253. The van der Waals surface area contributed by atoms with Crippen molar-refractivity contribution in [1.29, 1.82) is 0 Å². The number of carbonyl (C=O) groups is 1. The van der Waals surface area contributed by atoms with Crippen LogP contribution in [0.25, 0.3) is 0 Å². The fourth-order valence-electron chi connectivity index (χ4n) is 5.04. The predicted molar refractivity (Wildman–Crippen MR) is 144 cm³/mol. The van der Waals surface area contributed by atoms with E-state index < -0.39 is 52.6 Å². The average molecular weight is 685 g/mol. The highest BCUT2D eigenvalue weighted by Crippen LogP contribution is 2.39. The van der Waals surface area contributed by atoms with Crippen LogP contribution in [0, 0.1) is 0 Å². The molecule has 1 atom stereocenters. The third-order valence-electron chi connectivity index (χ3n) is 7.19. The van der Waals surface area contributed by atoms with E-state index in [9.17, 15) is 39.6 Å². The third kappa shape index (κ3) is 7.53. The van der Waals surface area contributed by atoms with Crippen LogP contribution in [0.1, 0.15) is 58.3 Å². The van der Waals surface area contributed by atoms with E-state index in [1.54, 1.807) is 11.4 Å². The number of thiazole rings is 1. The molecule has 1 fully saturated rings. The first-order valence-electron chi connectivity index (χ1n) is 13.3. The average Bonchev–Trinajstić information content (AvgIpc) is 3.56. The van der Waals surface area contributed by atoms with E-state index in [4.69, 9.17) is 18.4 Å². The summed E-state index contributed by atoms with van der Waals surface area (Å²) in [6.45, 7) is -0.735. The molecule has 45 heavy (non-hydrogen) atoms. The smallest absolute Gasteiger partial charge is 0.435 e. The van der Waals surface area contributed by atoms with Gasteiger partial charge in [0.25, 0.3) is 0 Å². The number of amides is 1. The summed E-state index contributed by atoms with van der Waals surface area (Å²) >= 11 is 1.33. The highest BCUT2D eigenvalue weighted by atomic mass is 32.2. The zero-order valence-electron chi connectivity index (χ0n) is 23.6. The predicted octanol–water partition coefficient (Wildman–Crippen LogP) is 4.88. The molecule has 11 nitrogen and oxygen atoms in total. The van der Waals surface area contributed by atoms with Crippen LogP contribution in [0.4, 0.5) is 26.3 Å². The van der Waals surface area contributed by atoms with Gasteiger partial charge in [-0.1, -0.05) is 0 Å². The number of nitrogens with zero attached hydrogens (tertiary/aromatic N) is 4. The van der Waals surface area contributed by atoms with E-state index in [0.29, 0.717) is 40.4 Å². The maximum Gasteiger partial charge on any atom is 0.435 e. The lowest BCUT2D eigenvalue weighted by Gasteiger charge is -2.31. The van der Waals surface area contributed by atoms with E-state index in [1.165, 1.54) is 29.4 Å². The number of alkyl halides is 6. The number of likely N-dealkylation sites (tertiary alicyclic amines) is 1. The minimum atomic E-state index is -5.13. The van der Waals surface area contributed by atoms with Gasteiger partial charge in [-0.3, -0.25) is 9.48 Å². The molecule has 0 N–H and O–H groups in total. The van der Waals surface area contributed by atoms with Crippen LogP contribution in [0.3, 0.4) is 0 Å². The van der Waals surface area contributed by atoms with Crippen molar-refractivity contribution in [2.75, 3.05) is 26.5 Å². The number of fused-ring (bicyclic) bond motifs is 1. The first-order valence-corrected chi connectivity index (χ1v) is 16.0. The van der Waals surface area contributed by atoms with Crippen LogP contribution in [-0.2, 0) is 56.5 Å². The highest BCUT2D eigenvalue weighted by molar-refractivity contribution is 7.86. The monoisotopic (exact) mass is 684 g/mol. The van der Waals surface area contributed by atoms with Crippen LogP contribution >= 0.6 is 11.3 Å². The van der Waals surface area contributed by atoms with Gasteiger partial charge in [-0.15, -0.1) is 11.3 Å². The van der Waals surface area contributed by atoms with E-state index in [2.05, 4.69) is 10.1 Å². The Balaban J connectivity index is 1.22. The zero-order chi connectivity index (χ0) is 32.7. The standard InChI is InChI=1S/C26H26F6N4O7S2/c1-40-18-3-4-19(43-45(2,38)39)16-12-42-24(41-11-15(16)18)17-13-44-23(33-17)14-5-7-35(8-6-14)22(37)10-36-21(26(30,31)32)9-20(34-36)25(27,28)29/h3-4,9,13-14,24H,5-8,10-12H2,1-2H3. The Labute approximate surface area is 256 Å². The number of rotatable bonds is 7. The van der Waals surface area contributed by atoms with E-state index >= 15 is 0 Å². The normalized spacial score (nSPS) is 18.4. The van der Waals surface area contributed by atoms with Gasteiger partial charge in [0.05, 0.1) is 31.6 Å². The van der Waals surface area contributed by atoms with Crippen molar-refractivity contribution in [3.8, 4) is 11.5 Å². The number of aromatic nitrogens is 3. The summed E-state index contributed by atoms with van der Waals surface area (Å²) < 4.78 is 125. The molecule has 1 saturated heterocycles. The first kappa shape index (κ1) is 33.0. The lowest BCUT2D eigenvalue weighted by Crippen LogP contribution is -2.40. The number of methoxy groups -OCH3 is 1. The van der Waals surface area contributed by atoms with Gasteiger partial charge in [-0.25, -0.2) is 4.98 Å². The molecule has 19 heteroatoms. The van der Waals surface area contributed by atoms with Crippen molar-refractivity contribution < 1.29 is 57.9 Å². The molecule has 1 amide bonds. The molecule has 2 aromatic heterocycles. The van der Waals surface area contributed by atoms with Gasteiger partial charge < -0.3 is 23.3 Å². The molecule has 3 aromatic rings. The summed E-state index contributed by atoms with van der Waals surface area (Å²) in [5.41, 5.74) is -1.92. The molecule has 0 aliphatic carbocycles. The van der Waals surface area contributed by atoms with Gasteiger partial charge in [0.2, 0.25) is 12.2 Å². The molecule has 246 valence electrons. The second kappa shape index (κ2) is 12.4. The number of ether oxygens (including phenoxy) is 3. The van der Waals surface area contributed by atoms with Crippen LogP contribution in [0.15, 0.2) is 23.6 Å². The van der Waals surface area contributed by atoms with Gasteiger partial charge in [0.1, 0.15) is 29.4 Å². The summed E-state index contributed by atoms with van der Waals surface area (Å²) in [6.07, 6.45) is -9.37. The largest absolute Gasteiger partial charge is 0.496 e. The van der Waals surface area contributed by atoms with Gasteiger partial charge in [-0.2, -0.15) is 39.9 Å². The summed E-state index contributed by atoms with van der Waals surface area (Å²) in [5.74, 6) is -0.345. The molecule has 4 heterocycles. The number of benzene rings is 1. The Kier molecular flexibility index (Phi) is 9.09.